The van der Waals surface area contributed by atoms with Crippen LogP contribution < -0.4 is 17.0 Å². The van der Waals surface area contributed by atoms with Crippen LogP contribution in [0.15, 0.2) is 0 Å². The molecule has 0 rings (SSSR count). The van der Waals surface area contributed by atoms with Crippen LogP contribution in [-0.2, 0) is 0 Å². The topological polar surface area (TPSA) is 0 Å². The van der Waals surface area contributed by atoms with Gasteiger partial charge in [-0.25, -0.2) is 0 Å². The summed E-state index contributed by atoms with van der Waals surface area (Å²) in [5.74, 6) is 0. The highest BCUT2D eigenvalue weighted by molar-refractivity contribution is 4.51. The minimum atomic E-state index is 0. The van der Waals surface area contributed by atoms with Gasteiger partial charge in [0.15, 0.2) is 0 Å². The van der Waals surface area contributed by atoms with Gasteiger partial charge in [-0.3, -0.25) is 0 Å². The van der Waals surface area contributed by atoms with E-state index in [9.17, 15) is 0 Å². The summed E-state index contributed by atoms with van der Waals surface area (Å²) in [6.45, 7) is 14.7. The molecular weight excluding hydrogens is 454 g/mol. The van der Waals surface area contributed by atoms with E-state index in [1.807, 2.05) is 0 Å². The van der Waals surface area contributed by atoms with Gasteiger partial charge in [0, 0.05) is 0 Å². The molecule has 0 aliphatic heterocycles. The lowest BCUT2D eigenvalue weighted by atomic mass is 10.0. The van der Waals surface area contributed by atoms with Gasteiger partial charge in [-0.05, 0) is 33.6 Å². The summed E-state index contributed by atoms with van der Waals surface area (Å²) in [5.41, 5.74) is 0. The van der Waals surface area contributed by atoms with Crippen molar-refractivity contribution in [1.29, 1.82) is 0 Å². The maximum Gasteiger partial charge on any atom is 0.0786 e. The fourth-order valence-corrected chi connectivity index (χ4v) is 5.20. The summed E-state index contributed by atoms with van der Waals surface area (Å²) < 4.78 is 1.33. The third kappa shape index (κ3) is 22.2. The van der Waals surface area contributed by atoms with Gasteiger partial charge in [-0.1, -0.05) is 135 Å². The molecule has 0 atom stereocenters. The molecule has 0 aliphatic rings. The first-order valence-corrected chi connectivity index (χ1v) is 15.1. The van der Waals surface area contributed by atoms with E-state index in [1.54, 1.807) is 0 Å². The first-order chi connectivity index (χ1) is 15.2. The Labute approximate surface area is 216 Å². The van der Waals surface area contributed by atoms with Crippen molar-refractivity contribution in [3.05, 3.63) is 0 Å². The smallest absolute Gasteiger partial charge is 0.0786 e. The molecule has 0 heterocycles. The Kier molecular flexibility index (Phi) is 29.9. The Hall–Kier alpha value is 0.440. The van der Waals surface area contributed by atoms with Crippen molar-refractivity contribution in [2.45, 2.75) is 169 Å². The second kappa shape index (κ2) is 27.7. The molecule has 0 aromatic carbocycles. The quantitative estimate of drug-likeness (QED) is 0.0823. The molecule has 196 valence electrons. The Morgan fingerprint density at radius 2 is 0.531 bits per heavy atom. The predicted octanol–water partition coefficient (Wildman–Crippen LogP) is 7.47. The maximum atomic E-state index is 2.37. The number of nitrogens with zero attached hydrogens (tertiary/aromatic N) is 1. The van der Waals surface area contributed by atoms with E-state index in [-0.39, 0.29) is 17.0 Å². The largest absolute Gasteiger partial charge is 1.00 e. The van der Waals surface area contributed by atoms with Crippen LogP contribution in [0.3, 0.4) is 0 Å². The molecule has 0 aromatic heterocycles. The molecule has 0 spiro atoms. The molecule has 0 unspecified atom stereocenters. The summed E-state index contributed by atoms with van der Waals surface area (Å²) in [6, 6.07) is 0. The number of hydrogen-bond acceptors (Lipinski definition) is 0. The zero-order valence-electron chi connectivity index (χ0n) is 23.2. The third-order valence-electron chi connectivity index (χ3n) is 8.00. The number of unbranched alkanes of at least 4 members (excludes halogenated alkanes) is 21. The molecule has 0 fully saturated rings. The second-order valence-electron chi connectivity index (χ2n) is 10.4. The molecule has 0 saturated heterocycles. The molecule has 2 heteroatoms. The molecule has 0 aromatic rings. The monoisotopic (exact) mass is 517 g/mol. The second-order valence-corrected chi connectivity index (χ2v) is 10.4. The van der Waals surface area contributed by atoms with E-state index in [0.717, 1.165) is 0 Å². The SMILES string of the molecule is CCCCCCCCCCCCCCCCCCCCCCCC[N+](CC)(CC)CC.[Br-]. The van der Waals surface area contributed by atoms with Crippen molar-refractivity contribution in [3.8, 4) is 0 Å². The van der Waals surface area contributed by atoms with Crippen LogP contribution in [0.1, 0.15) is 169 Å². The molecule has 0 N–H and O–H groups in total. The standard InChI is InChI=1S/C30H64N.BrH/c1-5-9-10-11-12-13-14-15-16-17-18-19-20-21-22-23-24-25-26-27-28-29-30-31(6-2,7-3)8-4;/h5-30H2,1-4H3;1H/q+1;/p-1. The van der Waals surface area contributed by atoms with Gasteiger partial charge < -0.3 is 21.5 Å². The van der Waals surface area contributed by atoms with Gasteiger partial charge in [-0.2, -0.15) is 0 Å². The van der Waals surface area contributed by atoms with Crippen LogP contribution in [0.2, 0.25) is 0 Å². The Morgan fingerprint density at radius 1 is 0.312 bits per heavy atom. The average molecular weight is 519 g/mol. The van der Waals surface area contributed by atoms with E-state index >= 15 is 0 Å². The van der Waals surface area contributed by atoms with E-state index in [1.165, 1.54) is 172 Å². The Bertz CT molecular complexity index is 319. The lowest BCUT2D eigenvalue weighted by Gasteiger charge is -2.35. The molecule has 0 aliphatic carbocycles. The van der Waals surface area contributed by atoms with E-state index in [2.05, 4.69) is 27.7 Å². The van der Waals surface area contributed by atoms with Crippen LogP contribution in [-0.4, -0.2) is 30.7 Å². The Morgan fingerprint density at radius 3 is 0.750 bits per heavy atom. The zero-order valence-corrected chi connectivity index (χ0v) is 24.8. The minimum Gasteiger partial charge on any atom is -1.00 e. The predicted molar refractivity (Wildman–Crippen MR) is 144 cm³/mol. The lowest BCUT2D eigenvalue weighted by Crippen LogP contribution is -3.00. The van der Waals surface area contributed by atoms with Crippen molar-refractivity contribution >= 4 is 0 Å². The molecule has 0 amide bonds. The molecular formula is C30H64BrN. The minimum absolute atomic E-state index is 0. The van der Waals surface area contributed by atoms with Gasteiger partial charge in [0.05, 0.1) is 26.2 Å². The molecule has 0 saturated carbocycles. The van der Waals surface area contributed by atoms with E-state index in [4.69, 9.17) is 0 Å². The first-order valence-electron chi connectivity index (χ1n) is 15.1. The van der Waals surface area contributed by atoms with Crippen molar-refractivity contribution in [3.63, 3.8) is 0 Å². The van der Waals surface area contributed by atoms with Crippen LogP contribution >= 0.6 is 0 Å². The zero-order chi connectivity index (χ0) is 22.9. The maximum absolute atomic E-state index is 2.37. The molecule has 0 bridgehead atoms. The van der Waals surface area contributed by atoms with E-state index < -0.39 is 0 Å². The van der Waals surface area contributed by atoms with Gasteiger partial charge >= 0.3 is 0 Å². The van der Waals surface area contributed by atoms with Crippen molar-refractivity contribution in [2.24, 2.45) is 0 Å². The summed E-state index contributed by atoms with van der Waals surface area (Å²) >= 11 is 0. The van der Waals surface area contributed by atoms with Crippen LogP contribution in [0.25, 0.3) is 0 Å². The lowest BCUT2D eigenvalue weighted by molar-refractivity contribution is -0.923. The highest BCUT2D eigenvalue weighted by atomic mass is 79.9. The van der Waals surface area contributed by atoms with Crippen molar-refractivity contribution in [1.82, 2.24) is 0 Å². The molecule has 32 heavy (non-hydrogen) atoms. The molecule has 0 radical (unpaired) electrons. The van der Waals surface area contributed by atoms with Crippen LogP contribution in [0.5, 0.6) is 0 Å². The third-order valence-corrected chi connectivity index (χ3v) is 8.00. The molecule has 1 nitrogen and oxygen atoms in total. The van der Waals surface area contributed by atoms with E-state index in [0.29, 0.717) is 0 Å². The van der Waals surface area contributed by atoms with Gasteiger partial charge in [-0.15, -0.1) is 0 Å². The number of halogens is 1. The summed E-state index contributed by atoms with van der Waals surface area (Å²) in [6.07, 6.45) is 32.4. The number of hydrogen-bond donors (Lipinski definition) is 0. The number of quaternary nitrogens is 1. The van der Waals surface area contributed by atoms with Gasteiger partial charge in [0.1, 0.15) is 0 Å². The van der Waals surface area contributed by atoms with Crippen LogP contribution in [0, 0.1) is 0 Å². The number of rotatable bonds is 26. The van der Waals surface area contributed by atoms with Crippen LogP contribution in [0.4, 0.5) is 0 Å². The summed E-state index contributed by atoms with van der Waals surface area (Å²) in [4.78, 5) is 0. The summed E-state index contributed by atoms with van der Waals surface area (Å²) in [7, 11) is 0. The average Bonchev–Trinajstić information content (AvgIpc) is 2.80. The Balaban J connectivity index is 0. The summed E-state index contributed by atoms with van der Waals surface area (Å²) in [5, 5.41) is 0. The fraction of sp³-hybridized carbons (Fsp3) is 1.00. The normalized spacial score (nSPS) is 11.6. The van der Waals surface area contributed by atoms with Crippen molar-refractivity contribution < 1.29 is 21.5 Å². The first kappa shape index (κ1) is 34.6. The van der Waals surface area contributed by atoms with Gasteiger partial charge in [0.25, 0.3) is 0 Å². The highest BCUT2D eigenvalue weighted by Gasteiger charge is 2.19. The highest BCUT2D eigenvalue weighted by Crippen LogP contribution is 2.16. The fourth-order valence-electron chi connectivity index (χ4n) is 5.20. The van der Waals surface area contributed by atoms with Gasteiger partial charge in [0.2, 0.25) is 0 Å². The van der Waals surface area contributed by atoms with Crippen molar-refractivity contribution in [2.75, 3.05) is 26.2 Å².